The first kappa shape index (κ1) is 14.3. The number of hydrogen-bond donors (Lipinski definition) is 1. The van der Waals surface area contributed by atoms with Crippen molar-refractivity contribution in [3.63, 3.8) is 0 Å². The predicted molar refractivity (Wildman–Crippen MR) is 51.0 cm³/mol. The van der Waals surface area contributed by atoms with Gasteiger partial charge in [-0.15, -0.1) is 0 Å². The van der Waals surface area contributed by atoms with Crippen molar-refractivity contribution >= 4 is 5.97 Å². The quantitative estimate of drug-likeness (QED) is 0.456. The third-order valence-corrected chi connectivity index (χ3v) is 1.50. The van der Waals surface area contributed by atoms with Gasteiger partial charge in [-0.3, -0.25) is 0 Å². The summed E-state index contributed by atoms with van der Waals surface area (Å²) >= 11 is 0. The first-order chi connectivity index (χ1) is 7.15. The summed E-state index contributed by atoms with van der Waals surface area (Å²) in [7, 11) is 1.16. The fraction of sp³-hybridized carbons (Fsp3) is 0.889. The molecule has 0 aromatic rings. The summed E-state index contributed by atoms with van der Waals surface area (Å²) in [5.41, 5.74) is 0. The average molecular weight is 222 g/mol. The van der Waals surface area contributed by atoms with E-state index in [1.807, 2.05) is 13.8 Å². The molecule has 15 heavy (non-hydrogen) atoms. The van der Waals surface area contributed by atoms with Crippen LogP contribution >= 0.6 is 0 Å². The molecular weight excluding hydrogens is 204 g/mol. The van der Waals surface area contributed by atoms with Crippen molar-refractivity contribution < 1.29 is 28.8 Å². The second-order valence-corrected chi connectivity index (χ2v) is 2.55. The summed E-state index contributed by atoms with van der Waals surface area (Å²) in [6.45, 7) is 4.51. The highest BCUT2D eigenvalue weighted by molar-refractivity contribution is 5.72. The molecule has 0 rings (SSSR count). The van der Waals surface area contributed by atoms with E-state index in [0.29, 0.717) is 13.2 Å². The van der Waals surface area contributed by atoms with Gasteiger partial charge in [-0.1, -0.05) is 0 Å². The molecule has 0 fully saturated rings. The second-order valence-electron chi connectivity index (χ2n) is 2.55. The second kappa shape index (κ2) is 8.60. The fourth-order valence-corrected chi connectivity index (χ4v) is 0.855. The number of carbonyl (C=O) groups is 1. The zero-order chi connectivity index (χ0) is 11.7. The number of carbonyl (C=O) groups excluding carboxylic acids is 1. The lowest BCUT2D eigenvalue weighted by molar-refractivity contribution is -0.214. The van der Waals surface area contributed by atoms with Gasteiger partial charge in [0.15, 0.2) is 6.29 Å². The highest BCUT2D eigenvalue weighted by Crippen LogP contribution is 1.99. The van der Waals surface area contributed by atoms with Crippen LogP contribution in [0.15, 0.2) is 0 Å². The highest BCUT2D eigenvalue weighted by Gasteiger charge is 2.18. The van der Waals surface area contributed by atoms with Gasteiger partial charge in [-0.25, -0.2) is 4.79 Å². The number of aliphatic hydroxyl groups excluding tert-OH is 1. The molecular formula is C9H18O6. The zero-order valence-corrected chi connectivity index (χ0v) is 9.26. The molecule has 0 unspecified atom stereocenters. The molecule has 0 saturated carbocycles. The molecule has 1 atom stereocenters. The molecule has 0 aliphatic carbocycles. The van der Waals surface area contributed by atoms with E-state index in [9.17, 15) is 4.79 Å². The van der Waals surface area contributed by atoms with Crippen molar-refractivity contribution in [1.82, 2.24) is 0 Å². The summed E-state index contributed by atoms with van der Waals surface area (Å²) in [5, 5.41) is 9.10. The van der Waals surface area contributed by atoms with Gasteiger partial charge < -0.3 is 24.1 Å². The highest BCUT2D eigenvalue weighted by atomic mass is 16.7. The van der Waals surface area contributed by atoms with Crippen LogP contribution in [-0.4, -0.2) is 50.6 Å². The van der Waals surface area contributed by atoms with Gasteiger partial charge in [0.2, 0.25) is 0 Å². The van der Waals surface area contributed by atoms with Gasteiger partial charge in [-0.05, 0) is 13.8 Å². The number of ether oxygens (including phenoxy) is 4. The first-order valence-electron chi connectivity index (χ1n) is 4.76. The van der Waals surface area contributed by atoms with Gasteiger partial charge in [0.1, 0.15) is 6.61 Å². The van der Waals surface area contributed by atoms with Crippen molar-refractivity contribution in [2.24, 2.45) is 0 Å². The Morgan fingerprint density at radius 1 is 1.20 bits per heavy atom. The maximum atomic E-state index is 10.8. The van der Waals surface area contributed by atoms with Crippen LogP contribution < -0.4 is 0 Å². The number of esters is 1. The lowest BCUT2D eigenvalue weighted by Gasteiger charge is -2.18. The molecule has 0 aromatic carbocycles. The van der Waals surface area contributed by atoms with Crippen LogP contribution in [-0.2, 0) is 23.7 Å². The van der Waals surface area contributed by atoms with E-state index in [4.69, 9.17) is 19.3 Å². The molecule has 0 spiro atoms. The minimum absolute atomic E-state index is 0.0298. The topological polar surface area (TPSA) is 74.2 Å². The summed E-state index contributed by atoms with van der Waals surface area (Å²) in [6.07, 6.45) is -2.18. The lowest BCUT2D eigenvalue weighted by atomic mass is 10.6. The molecule has 6 heteroatoms. The number of methoxy groups -OCH3 is 1. The van der Waals surface area contributed by atoms with Crippen molar-refractivity contribution in [1.29, 1.82) is 0 Å². The van der Waals surface area contributed by atoms with Crippen LogP contribution in [0.2, 0.25) is 0 Å². The minimum Gasteiger partial charge on any atom is -0.465 e. The predicted octanol–water partition coefficient (Wildman–Crippen LogP) is -0.107. The van der Waals surface area contributed by atoms with E-state index >= 15 is 0 Å². The Kier molecular flexibility index (Phi) is 8.21. The summed E-state index contributed by atoms with van der Waals surface area (Å²) in [4.78, 5) is 10.8. The SMILES string of the molecule is CCOC(CO[C@H](O)C(=O)OC)OCC. The van der Waals surface area contributed by atoms with Gasteiger partial charge >= 0.3 is 5.97 Å². The minimum atomic E-state index is -1.60. The monoisotopic (exact) mass is 222 g/mol. The average Bonchev–Trinajstić information content (AvgIpc) is 2.25. The Labute approximate surface area is 89.1 Å². The number of rotatable bonds is 8. The molecule has 0 aromatic heterocycles. The van der Waals surface area contributed by atoms with E-state index in [-0.39, 0.29) is 6.61 Å². The molecule has 90 valence electrons. The molecule has 0 saturated heterocycles. The first-order valence-corrected chi connectivity index (χ1v) is 4.76. The summed E-state index contributed by atoms with van der Waals surface area (Å²) in [6, 6.07) is 0. The number of aliphatic hydroxyl groups is 1. The van der Waals surface area contributed by atoms with Crippen molar-refractivity contribution in [2.75, 3.05) is 26.9 Å². The van der Waals surface area contributed by atoms with E-state index in [2.05, 4.69) is 4.74 Å². The van der Waals surface area contributed by atoms with E-state index in [0.717, 1.165) is 7.11 Å². The third kappa shape index (κ3) is 6.40. The van der Waals surface area contributed by atoms with Crippen LogP contribution in [0, 0.1) is 0 Å². The molecule has 6 nitrogen and oxygen atoms in total. The van der Waals surface area contributed by atoms with Crippen LogP contribution in [0.4, 0.5) is 0 Å². The van der Waals surface area contributed by atoms with Crippen LogP contribution in [0.1, 0.15) is 13.8 Å². The third-order valence-electron chi connectivity index (χ3n) is 1.50. The Morgan fingerprint density at radius 2 is 1.73 bits per heavy atom. The van der Waals surface area contributed by atoms with Gasteiger partial charge in [0.05, 0.1) is 7.11 Å². The maximum Gasteiger partial charge on any atom is 0.363 e. The van der Waals surface area contributed by atoms with E-state index in [1.54, 1.807) is 0 Å². The van der Waals surface area contributed by atoms with Crippen molar-refractivity contribution in [2.45, 2.75) is 26.4 Å². The Balaban J connectivity index is 3.81. The normalized spacial score (nSPS) is 12.9. The number of hydrogen-bond acceptors (Lipinski definition) is 6. The smallest absolute Gasteiger partial charge is 0.363 e. The van der Waals surface area contributed by atoms with Crippen LogP contribution in [0.3, 0.4) is 0 Å². The molecule has 1 N–H and O–H groups in total. The Morgan fingerprint density at radius 3 is 2.13 bits per heavy atom. The summed E-state index contributed by atoms with van der Waals surface area (Å²) in [5.74, 6) is -0.846. The van der Waals surface area contributed by atoms with Gasteiger partial charge in [-0.2, -0.15) is 0 Å². The summed E-state index contributed by atoms with van der Waals surface area (Å²) < 4.78 is 19.3. The zero-order valence-electron chi connectivity index (χ0n) is 9.26. The van der Waals surface area contributed by atoms with Crippen LogP contribution in [0.5, 0.6) is 0 Å². The molecule has 0 aliphatic heterocycles. The molecule has 0 aliphatic rings. The van der Waals surface area contributed by atoms with Gasteiger partial charge in [0, 0.05) is 13.2 Å². The van der Waals surface area contributed by atoms with E-state index in [1.165, 1.54) is 0 Å². The van der Waals surface area contributed by atoms with Crippen molar-refractivity contribution in [3.05, 3.63) is 0 Å². The Bertz CT molecular complexity index is 166. The molecule has 0 heterocycles. The molecule has 0 radical (unpaired) electrons. The van der Waals surface area contributed by atoms with E-state index < -0.39 is 18.5 Å². The maximum absolute atomic E-state index is 10.8. The Hall–Kier alpha value is -0.690. The fourth-order valence-electron chi connectivity index (χ4n) is 0.855. The van der Waals surface area contributed by atoms with Crippen LogP contribution in [0.25, 0.3) is 0 Å². The van der Waals surface area contributed by atoms with Crippen molar-refractivity contribution in [3.8, 4) is 0 Å². The molecule has 0 bridgehead atoms. The lowest BCUT2D eigenvalue weighted by Crippen LogP contribution is -2.31. The largest absolute Gasteiger partial charge is 0.465 e. The van der Waals surface area contributed by atoms with Gasteiger partial charge in [0.25, 0.3) is 6.29 Å². The molecule has 0 amide bonds. The standard InChI is InChI=1S/C9H18O6/c1-4-13-7(14-5-2)6-15-9(11)8(10)12-3/h7,9,11H,4-6H2,1-3H3/t9-/m0/s1.